The first-order valence-corrected chi connectivity index (χ1v) is 12.2. The number of nitrogen functional groups attached to an aromatic ring is 1. The molecule has 8 nitrogen and oxygen atoms in total. The van der Waals surface area contributed by atoms with Gasteiger partial charge in [0.05, 0.1) is 10.6 Å². The molecule has 0 radical (unpaired) electrons. The number of esters is 1. The Morgan fingerprint density at radius 3 is 2.69 bits per heavy atom. The summed E-state index contributed by atoms with van der Waals surface area (Å²) in [5, 5.41) is 2.66. The van der Waals surface area contributed by atoms with Crippen molar-refractivity contribution in [2.24, 2.45) is 5.92 Å². The molecule has 1 heterocycles. The van der Waals surface area contributed by atoms with Crippen molar-refractivity contribution in [3.05, 3.63) is 35.8 Å². The molecule has 192 valence electrons. The fraction of sp³-hybridized carbons (Fsp3) is 0.500. The van der Waals surface area contributed by atoms with Crippen molar-refractivity contribution in [3.63, 3.8) is 0 Å². The van der Waals surface area contributed by atoms with Crippen LogP contribution in [0.15, 0.2) is 29.3 Å². The highest BCUT2D eigenvalue weighted by molar-refractivity contribution is 7.72. The molecule has 1 aliphatic carbocycles. The zero-order valence-electron chi connectivity index (χ0n) is 18.8. The smallest absolute Gasteiger partial charge is 0.389 e. The molecule has 0 spiro atoms. The van der Waals surface area contributed by atoms with Crippen molar-refractivity contribution in [2.75, 3.05) is 11.1 Å². The summed E-state index contributed by atoms with van der Waals surface area (Å²) in [4.78, 5) is 20.2. The monoisotopic (exact) mass is 518 g/mol. The lowest BCUT2D eigenvalue weighted by atomic mass is 10.00. The third kappa shape index (κ3) is 7.77. The van der Waals surface area contributed by atoms with Gasteiger partial charge in [0, 0.05) is 24.6 Å². The lowest BCUT2D eigenvalue weighted by Gasteiger charge is -2.16. The summed E-state index contributed by atoms with van der Waals surface area (Å²) in [6.07, 6.45) is -2.33. The fourth-order valence-electron chi connectivity index (χ4n) is 4.05. The van der Waals surface area contributed by atoms with Gasteiger partial charge in [0.2, 0.25) is 5.95 Å². The summed E-state index contributed by atoms with van der Waals surface area (Å²) >= 11 is 0. The van der Waals surface area contributed by atoms with Crippen LogP contribution in [0.3, 0.4) is 0 Å². The van der Waals surface area contributed by atoms with Gasteiger partial charge in [-0.3, -0.25) is 4.79 Å². The van der Waals surface area contributed by atoms with Gasteiger partial charge in [-0.2, -0.15) is 18.2 Å². The quantitative estimate of drug-likeness (QED) is 0.253. The van der Waals surface area contributed by atoms with E-state index in [-0.39, 0.29) is 47.2 Å². The largest absolute Gasteiger partial charge is 0.462 e. The van der Waals surface area contributed by atoms with Crippen molar-refractivity contribution in [1.82, 2.24) is 9.97 Å². The molecule has 2 aromatic rings. The molecule has 1 saturated carbocycles. The average molecular weight is 519 g/mol. The van der Waals surface area contributed by atoms with E-state index in [2.05, 4.69) is 15.3 Å². The summed E-state index contributed by atoms with van der Waals surface area (Å²) in [6, 6.07) is 3.37. The number of hydrogen-bond donors (Lipinski definition) is 3. The van der Waals surface area contributed by atoms with Gasteiger partial charge in [0.25, 0.3) is 0 Å². The number of ether oxygens (including phenoxy) is 1. The highest BCUT2D eigenvalue weighted by Crippen LogP contribution is 2.38. The highest BCUT2D eigenvalue weighted by atomic mass is 32.2. The molecule has 3 rings (SSSR count). The Bertz CT molecular complexity index is 1130. The first-order valence-electron chi connectivity index (χ1n) is 11.0. The van der Waals surface area contributed by atoms with Crippen LogP contribution in [0.5, 0.6) is 0 Å². The Morgan fingerprint density at radius 1 is 1.31 bits per heavy atom. The van der Waals surface area contributed by atoms with E-state index in [1.807, 2.05) is 0 Å². The number of carbonyl (C=O) groups is 1. The minimum Gasteiger partial charge on any atom is -0.462 e. The minimum atomic E-state index is -4.26. The molecule has 1 aliphatic rings. The van der Waals surface area contributed by atoms with Gasteiger partial charge in [-0.05, 0) is 55.7 Å². The zero-order valence-corrected chi connectivity index (χ0v) is 19.7. The maximum atomic E-state index is 14.1. The Labute approximate surface area is 201 Å². The predicted molar refractivity (Wildman–Crippen MR) is 120 cm³/mol. The Morgan fingerprint density at radius 2 is 2.06 bits per heavy atom. The average Bonchev–Trinajstić information content (AvgIpc) is 3.20. The van der Waals surface area contributed by atoms with Crippen LogP contribution in [0, 0.1) is 11.7 Å². The van der Waals surface area contributed by atoms with Crippen LogP contribution in [0.1, 0.15) is 56.9 Å². The zero-order chi connectivity index (χ0) is 25.8. The minimum absolute atomic E-state index is 0.0184. The van der Waals surface area contributed by atoms with Gasteiger partial charge in [0.15, 0.2) is 10.7 Å². The third-order valence-corrected chi connectivity index (χ3v) is 6.50. The Kier molecular flexibility index (Phi) is 8.51. The summed E-state index contributed by atoms with van der Waals surface area (Å²) in [7, 11) is -2.91. The maximum absolute atomic E-state index is 14.1. The predicted octanol–water partition coefficient (Wildman–Crippen LogP) is 4.46. The van der Waals surface area contributed by atoms with Gasteiger partial charge < -0.3 is 15.8 Å². The van der Waals surface area contributed by atoms with Gasteiger partial charge in [0.1, 0.15) is 17.7 Å². The number of benzene rings is 1. The van der Waals surface area contributed by atoms with Crippen LogP contribution in [0.25, 0.3) is 0 Å². The van der Waals surface area contributed by atoms with Crippen molar-refractivity contribution >= 4 is 34.1 Å². The van der Waals surface area contributed by atoms with E-state index in [0.29, 0.717) is 24.8 Å². The number of rotatable bonds is 9. The molecule has 0 aliphatic heterocycles. The van der Waals surface area contributed by atoms with Crippen LogP contribution in [-0.2, 0) is 20.2 Å². The first kappa shape index (κ1) is 26.6. The topological polar surface area (TPSA) is 124 Å². The Balaban J connectivity index is 1.54. The number of carbonyl (C=O) groups excluding carboxylic acids is 1. The number of alkyl halides is 3. The molecule has 1 aromatic heterocycles. The second-order valence-corrected chi connectivity index (χ2v) is 9.70. The van der Waals surface area contributed by atoms with Crippen LogP contribution in [0.4, 0.5) is 35.0 Å². The summed E-state index contributed by atoms with van der Waals surface area (Å²) in [5.41, 5.74) is 6.70. The maximum Gasteiger partial charge on any atom is 0.389 e. The molecule has 0 unspecified atom stereocenters. The number of halogens is 4. The van der Waals surface area contributed by atoms with Crippen molar-refractivity contribution in [3.8, 4) is 0 Å². The van der Waals surface area contributed by atoms with E-state index in [1.54, 1.807) is 0 Å². The molecule has 0 saturated heterocycles. The van der Waals surface area contributed by atoms with Crippen LogP contribution < -0.4 is 11.1 Å². The summed E-state index contributed by atoms with van der Waals surface area (Å²) in [6.45, 7) is 1.45. The normalized spacial score (nSPS) is 19.0. The molecular formula is C22H26F4N4O4S. The van der Waals surface area contributed by atoms with E-state index in [4.69, 9.17) is 10.5 Å². The molecule has 3 N–H and O–H groups in total. The van der Waals surface area contributed by atoms with Gasteiger partial charge in [-0.15, -0.1) is 0 Å². The lowest BCUT2D eigenvalue weighted by Crippen LogP contribution is -2.18. The van der Waals surface area contributed by atoms with E-state index in [0.717, 1.165) is 6.07 Å². The summed E-state index contributed by atoms with van der Waals surface area (Å²) in [5.74, 6) is -1.86. The first-order chi connectivity index (χ1) is 16.4. The van der Waals surface area contributed by atoms with Gasteiger partial charge in [-0.1, -0.05) is 6.92 Å². The molecule has 1 fully saturated rings. The van der Waals surface area contributed by atoms with Gasteiger partial charge >= 0.3 is 12.1 Å². The SMILES string of the molecule is C[C@H](CCC(=O)O[C@@H]1CC[C@H](c2cnc(Nc3ccc([SH](=O)=O)cc3F)nc2N)C1)CC(F)(F)F. The third-order valence-electron chi connectivity index (χ3n) is 5.80. The molecule has 35 heavy (non-hydrogen) atoms. The van der Waals surface area contributed by atoms with E-state index < -0.39 is 41.0 Å². The number of nitrogens with zero attached hydrogens (tertiary/aromatic N) is 2. The van der Waals surface area contributed by atoms with Crippen molar-refractivity contribution in [1.29, 1.82) is 0 Å². The van der Waals surface area contributed by atoms with Crippen LogP contribution in [0.2, 0.25) is 0 Å². The van der Waals surface area contributed by atoms with E-state index in [9.17, 15) is 30.8 Å². The van der Waals surface area contributed by atoms with Crippen LogP contribution in [-0.4, -0.2) is 36.6 Å². The molecule has 13 heteroatoms. The number of aromatic nitrogens is 2. The second kappa shape index (κ2) is 11.2. The molecule has 0 bridgehead atoms. The number of anilines is 3. The van der Waals surface area contributed by atoms with Crippen molar-refractivity contribution in [2.45, 2.75) is 68.5 Å². The Hall–Kier alpha value is -2.96. The molecular weight excluding hydrogens is 492 g/mol. The number of nitrogens with one attached hydrogen (secondary N) is 1. The number of nitrogens with two attached hydrogens (primary N) is 1. The van der Waals surface area contributed by atoms with E-state index in [1.165, 1.54) is 25.3 Å². The van der Waals surface area contributed by atoms with Crippen LogP contribution >= 0.6 is 0 Å². The highest BCUT2D eigenvalue weighted by Gasteiger charge is 2.32. The number of thiol groups is 1. The fourth-order valence-corrected chi connectivity index (χ4v) is 4.47. The molecule has 1 aromatic carbocycles. The van der Waals surface area contributed by atoms with Crippen molar-refractivity contribution < 1.29 is 35.5 Å². The lowest BCUT2D eigenvalue weighted by molar-refractivity contribution is -0.152. The second-order valence-electron chi connectivity index (χ2n) is 8.67. The summed E-state index contributed by atoms with van der Waals surface area (Å²) < 4.78 is 78.7. The standard InChI is InChI=1S/C22H26F4N4O4S/c1-12(10-22(24,25)26)2-7-19(31)34-14-4-3-13(8-14)16-11-28-21(30-20(16)27)29-18-6-5-15(35(32)33)9-17(18)23/h5-6,9,11-14,35H,2-4,7-8,10H2,1H3,(H3,27,28,29,30)/t12-,13+,14-/m1/s1. The number of hydrogen-bond acceptors (Lipinski definition) is 8. The molecule has 3 atom stereocenters. The van der Waals surface area contributed by atoms with E-state index >= 15 is 0 Å². The van der Waals surface area contributed by atoms with Gasteiger partial charge in [-0.25, -0.2) is 17.8 Å². The molecule has 0 amide bonds.